The van der Waals surface area contributed by atoms with Crippen molar-refractivity contribution in [2.24, 2.45) is 0 Å². The van der Waals surface area contributed by atoms with Gasteiger partial charge in [0, 0.05) is 11.4 Å². The van der Waals surface area contributed by atoms with Crippen LogP contribution in [0, 0.1) is 11.6 Å². The molecule has 3 aromatic rings. The van der Waals surface area contributed by atoms with Crippen molar-refractivity contribution in [2.45, 2.75) is 6.54 Å². The van der Waals surface area contributed by atoms with Crippen LogP contribution in [0.25, 0.3) is 10.4 Å². The second kappa shape index (κ2) is 7.44. The first-order chi connectivity index (χ1) is 12.1. The highest BCUT2D eigenvalue weighted by atomic mass is 32.1. The molecular formula is C19H15F2NO2S. The summed E-state index contributed by atoms with van der Waals surface area (Å²) in [4.78, 5) is 13.5. The number of amides is 1. The number of hydrogen-bond donors (Lipinski definition) is 1. The molecule has 0 aliphatic carbocycles. The molecular weight excluding hydrogens is 344 g/mol. The smallest absolute Gasteiger partial charge is 0.261 e. The molecule has 0 aliphatic rings. The number of benzene rings is 2. The van der Waals surface area contributed by atoms with Crippen LogP contribution >= 0.6 is 11.3 Å². The molecule has 0 saturated heterocycles. The molecule has 0 radical (unpaired) electrons. The predicted molar refractivity (Wildman–Crippen MR) is 93.8 cm³/mol. The Balaban J connectivity index is 1.66. The van der Waals surface area contributed by atoms with Gasteiger partial charge in [-0.3, -0.25) is 4.79 Å². The van der Waals surface area contributed by atoms with Gasteiger partial charge < -0.3 is 10.1 Å². The first kappa shape index (κ1) is 17.1. The second-order valence-electron chi connectivity index (χ2n) is 5.32. The highest BCUT2D eigenvalue weighted by Crippen LogP contribution is 2.29. The lowest BCUT2D eigenvalue weighted by atomic mass is 10.2. The normalized spacial score (nSPS) is 10.5. The fourth-order valence-electron chi connectivity index (χ4n) is 2.28. The predicted octanol–water partition coefficient (Wildman–Crippen LogP) is 4.63. The quantitative estimate of drug-likeness (QED) is 0.721. The molecule has 25 heavy (non-hydrogen) atoms. The Bertz CT molecular complexity index is 891. The van der Waals surface area contributed by atoms with Gasteiger partial charge in [-0.05, 0) is 47.5 Å². The largest absolute Gasteiger partial charge is 0.497 e. The highest BCUT2D eigenvalue weighted by Gasteiger charge is 2.11. The van der Waals surface area contributed by atoms with E-state index in [0.717, 1.165) is 23.4 Å². The van der Waals surface area contributed by atoms with Crippen molar-refractivity contribution in [1.82, 2.24) is 5.32 Å². The van der Waals surface area contributed by atoms with Crippen LogP contribution in [0.3, 0.4) is 0 Å². The molecule has 2 aromatic carbocycles. The molecule has 1 aromatic heterocycles. The third kappa shape index (κ3) is 4.03. The molecule has 3 nitrogen and oxygen atoms in total. The fraction of sp³-hybridized carbons (Fsp3) is 0.105. The van der Waals surface area contributed by atoms with Crippen LogP contribution < -0.4 is 10.1 Å². The molecule has 3 rings (SSSR count). The summed E-state index contributed by atoms with van der Waals surface area (Å²) < 4.78 is 31.4. The summed E-state index contributed by atoms with van der Waals surface area (Å²) in [6.45, 7) is 0.390. The summed E-state index contributed by atoms with van der Waals surface area (Å²) in [6.07, 6.45) is 0. The minimum absolute atomic E-state index is 0.213. The number of halogens is 2. The van der Waals surface area contributed by atoms with Crippen molar-refractivity contribution in [2.75, 3.05) is 7.11 Å². The number of hydrogen-bond acceptors (Lipinski definition) is 3. The zero-order valence-electron chi connectivity index (χ0n) is 13.4. The van der Waals surface area contributed by atoms with E-state index in [9.17, 15) is 13.6 Å². The van der Waals surface area contributed by atoms with Gasteiger partial charge in [-0.1, -0.05) is 18.2 Å². The maximum atomic E-state index is 13.3. The zero-order chi connectivity index (χ0) is 17.8. The number of methoxy groups -OCH3 is 1. The average molecular weight is 359 g/mol. The molecule has 6 heteroatoms. The van der Waals surface area contributed by atoms with Gasteiger partial charge in [0.05, 0.1) is 12.0 Å². The van der Waals surface area contributed by atoms with E-state index in [1.165, 1.54) is 17.4 Å². The standard InChI is InChI=1S/C19H15F2NO2S/c1-24-14-5-2-12(3-6-14)11-22-19(23)18-9-8-17(25-18)13-4-7-15(20)16(21)10-13/h2-10H,11H2,1H3,(H,22,23). The molecule has 0 bridgehead atoms. The van der Waals surface area contributed by atoms with E-state index in [2.05, 4.69) is 5.32 Å². The van der Waals surface area contributed by atoms with Crippen molar-refractivity contribution in [3.8, 4) is 16.2 Å². The molecule has 128 valence electrons. The van der Waals surface area contributed by atoms with Crippen molar-refractivity contribution in [1.29, 1.82) is 0 Å². The number of thiophene rings is 1. The summed E-state index contributed by atoms with van der Waals surface area (Å²) >= 11 is 1.23. The summed E-state index contributed by atoms with van der Waals surface area (Å²) in [5.74, 6) is -1.26. The lowest BCUT2D eigenvalue weighted by Gasteiger charge is -2.05. The Labute approximate surface area is 147 Å². The first-order valence-electron chi connectivity index (χ1n) is 7.53. The van der Waals surface area contributed by atoms with Crippen LogP contribution in [-0.4, -0.2) is 13.0 Å². The maximum absolute atomic E-state index is 13.3. The van der Waals surface area contributed by atoms with Gasteiger partial charge in [-0.25, -0.2) is 8.78 Å². The Morgan fingerprint density at radius 3 is 2.48 bits per heavy atom. The zero-order valence-corrected chi connectivity index (χ0v) is 14.2. The third-order valence-electron chi connectivity index (χ3n) is 3.65. The molecule has 1 heterocycles. The number of carbonyl (C=O) groups excluding carboxylic acids is 1. The van der Waals surface area contributed by atoms with Crippen molar-refractivity contribution in [3.63, 3.8) is 0 Å². The molecule has 0 saturated carbocycles. The SMILES string of the molecule is COc1ccc(CNC(=O)c2ccc(-c3ccc(F)c(F)c3)s2)cc1. The Morgan fingerprint density at radius 1 is 1.04 bits per heavy atom. The van der Waals surface area contributed by atoms with E-state index >= 15 is 0 Å². The van der Waals surface area contributed by atoms with Crippen LogP contribution in [-0.2, 0) is 6.54 Å². The van der Waals surface area contributed by atoms with E-state index in [-0.39, 0.29) is 5.91 Å². The van der Waals surface area contributed by atoms with Crippen LogP contribution in [0.5, 0.6) is 5.75 Å². The lowest BCUT2D eigenvalue weighted by molar-refractivity contribution is 0.0955. The van der Waals surface area contributed by atoms with Gasteiger partial charge in [0.15, 0.2) is 11.6 Å². The maximum Gasteiger partial charge on any atom is 0.261 e. The number of ether oxygens (including phenoxy) is 1. The average Bonchev–Trinajstić information content (AvgIpc) is 3.12. The minimum Gasteiger partial charge on any atom is -0.497 e. The first-order valence-corrected chi connectivity index (χ1v) is 8.35. The highest BCUT2D eigenvalue weighted by molar-refractivity contribution is 7.17. The van der Waals surface area contributed by atoms with Crippen LogP contribution in [0.1, 0.15) is 15.2 Å². The summed E-state index contributed by atoms with van der Waals surface area (Å²) in [5, 5.41) is 2.83. The third-order valence-corrected chi connectivity index (χ3v) is 4.78. The molecule has 0 aliphatic heterocycles. The molecule has 1 amide bonds. The van der Waals surface area contributed by atoms with Gasteiger partial charge in [-0.2, -0.15) is 0 Å². The Hall–Kier alpha value is -2.73. The topological polar surface area (TPSA) is 38.3 Å². The van der Waals surface area contributed by atoms with Crippen molar-refractivity contribution >= 4 is 17.2 Å². The Morgan fingerprint density at radius 2 is 1.80 bits per heavy atom. The molecule has 0 spiro atoms. The van der Waals surface area contributed by atoms with Crippen LogP contribution in [0.2, 0.25) is 0 Å². The monoisotopic (exact) mass is 359 g/mol. The van der Waals surface area contributed by atoms with Crippen LogP contribution in [0.15, 0.2) is 54.6 Å². The van der Waals surface area contributed by atoms with Crippen molar-refractivity contribution < 1.29 is 18.3 Å². The number of nitrogens with one attached hydrogen (secondary N) is 1. The molecule has 1 N–H and O–H groups in total. The van der Waals surface area contributed by atoms with Crippen LogP contribution in [0.4, 0.5) is 8.78 Å². The number of rotatable bonds is 5. The van der Waals surface area contributed by atoms with Gasteiger partial charge in [0.25, 0.3) is 5.91 Å². The van der Waals surface area contributed by atoms with E-state index < -0.39 is 11.6 Å². The van der Waals surface area contributed by atoms with Crippen molar-refractivity contribution in [3.05, 3.63) is 76.7 Å². The second-order valence-corrected chi connectivity index (χ2v) is 6.41. The Kier molecular flexibility index (Phi) is 5.09. The van der Waals surface area contributed by atoms with Gasteiger partial charge >= 0.3 is 0 Å². The number of carbonyl (C=O) groups is 1. The van der Waals surface area contributed by atoms with E-state index in [0.29, 0.717) is 21.9 Å². The molecule has 0 fully saturated rings. The van der Waals surface area contributed by atoms with Gasteiger partial charge in [0.2, 0.25) is 0 Å². The van der Waals surface area contributed by atoms with E-state index in [4.69, 9.17) is 4.74 Å². The van der Waals surface area contributed by atoms with E-state index in [1.54, 1.807) is 19.2 Å². The summed E-state index contributed by atoms with van der Waals surface area (Å²) in [6, 6.07) is 14.5. The summed E-state index contributed by atoms with van der Waals surface area (Å²) in [5.41, 5.74) is 1.49. The van der Waals surface area contributed by atoms with E-state index in [1.807, 2.05) is 24.3 Å². The summed E-state index contributed by atoms with van der Waals surface area (Å²) in [7, 11) is 1.60. The fourth-order valence-corrected chi connectivity index (χ4v) is 3.20. The van der Waals surface area contributed by atoms with Gasteiger partial charge in [0.1, 0.15) is 5.75 Å². The molecule has 0 atom stereocenters. The lowest BCUT2D eigenvalue weighted by Crippen LogP contribution is -2.21. The molecule has 0 unspecified atom stereocenters. The minimum atomic E-state index is -0.906. The van der Waals surface area contributed by atoms with Gasteiger partial charge in [-0.15, -0.1) is 11.3 Å².